The Morgan fingerprint density at radius 1 is 1.00 bits per heavy atom. The van der Waals surface area contributed by atoms with E-state index in [1.165, 1.54) is 0 Å². The van der Waals surface area contributed by atoms with Crippen LogP contribution in [0.4, 0.5) is 0 Å². The number of hydroxylamine groups is 1. The number of rotatable bonds is 7. The summed E-state index contributed by atoms with van der Waals surface area (Å²) in [6, 6.07) is 0. The van der Waals surface area contributed by atoms with Crippen LogP contribution >= 0.6 is 0 Å². The molecule has 0 unspecified atom stereocenters. The second-order valence-corrected chi connectivity index (χ2v) is 3.24. The summed E-state index contributed by atoms with van der Waals surface area (Å²) in [7, 11) is 0. The van der Waals surface area contributed by atoms with E-state index in [4.69, 9.17) is 4.84 Å². The Balaban J connectivity index is 3.76. The molecule has 0 aliphatic heterocycles. The first-order valence-electron chi connectivity index (χ1n) is 5.15. The molecule has 0 aromatic rings. The Morgan fingerprint density at radius 2 is 1.50 bits per heavy atom. The van der Waals surface area contributed by atoms with Crippen molar-refractivity contribution >= 4 is 0 Å². The number of hydrogen-bond acceptors (Lipinski definition) is 2. The Morgan fingerprint density at radius 3 is 1.83 bits per heavy atom. The molecule has 0 atom stereocenters. The molecule has 12 heavy (non-hydrogen) atoms. The lowest BCUT2D eigenvalue weighted by molar-refractivity contribution is -0.113. The van der Waals surface area contributed by atoms with Crippen molar-refractivity contribution in [1.29, 1.82) is 0 Å². The van der Waals surface area contributed by atoms with Gasteiger partial charge in [0.05, 0.1) is 5.60 Å². The van der Waals surface area contributed by atoms with Crippen LogP contribution in [-0.2, 0) is 4.84 Å². The summed E-state index contributed by atoms with van der Waals surface area (Å²) in [5, 5.41) is 0. The maximum absolute atomic E-state index is 5.67. The molecule has 0 radical (unpaired) electrons. The highest BCUT2D eigenvalue weighted by molar-refractivity contribution is 4.74. The second-order valence-electron chi connectivity index (χ2n) is 3.24. The number of hydrogen-bond donors (Lipinski definition) is 1. The van der Waals surface area contributed by atoms with Crippen molar-refractivity contribution in [1.82, 2.24) is 5.48 Å². The molecule has 0 rings (SSSR count). The standard InChI is InChI=1S/C10H23NO/c1-5-9-11-12-10(6-2,7-3)8-4/h11H,5-9H2,1-4H3. The van der Waals surface area contributed by atoms with Gasteiger partial charge in [-0.25, -0.2) is 5.48 Å². The Hall–Kier alpha value is -0.0800. The first-order chi connectivity index (χ1) is 5.74. The van der Waals surface area contributed by atoms with E-state index in [0.717, 1.165) is 32.2 Å². The molecular weight excluding hydrogens is 150 g/mol. The molecule has 1 N–H and O–H groups in total. The quantitative estimate of drug-likeness (QED) is 0.472. The molecule has 0 saturated heterocycles. The fraction of sp³-hybridized carbons (Fsp3) is 1.00. The van der Waals surface area contributed by atoms with Gasteiger partial charge in [-0.3, -0.25) is 4.84 Å². The highest BCUT2D eigenvalue weighted by Crippen LogP contribution is 2.22. The Kier molecular flexibility index (Phi) is 6.39. The van der Waals surface area contributed by atoms with Crippen LogP contribution < -0.4 is 5.48 Å². The van der Waals surface area contributed by atoms with Crippen LogP contribution in [0.1, 0.15) is 53.4 Å². The third-order valence-corrected chi connectivity index (χ3v) is 2.57. The molecule has 0 heterocycles. The lowest BCUT2D eigenvalue weighted by atomic mass is 9.94. The fourth-order valence-corrected chi connectivity index (χ4v) is 1.27. The van der Waals surface area contributed by atoms with Gasteiger partial charge in [0, 0.05) is 6.54 Å². The van der Waals surface area contributed by atoms with Crippen molar-refractivity contribution in [3.05, 3.63) is 0 Å². The maximum Gasteiger partial charge on any atom is 0.0889 e. The molecule has 2 nitrogen and oxygen atoms in total. The summed E-state index contributed by atoms with van der Waals surface area (Å²) in [5.41, 5.74) is 3.09. The van der Waals surface area contributed by atoms with Gasteiger partial charge in [-0.2, -0.15) is 0 Å². The molecular formula is C10H23NO. The highest BCUT2D eigenvalue weighted by atomic mass is 16.7. The van der Waals surface area contributed by atoms with Gasteiger partial charge in [-0.05, 0) is 25.7 Å². The normalized spacial score (nSPS) is 12.0. The Labute approximate surface area is 76.6 Å². The van der Waals surface area contributed by atoms with E-state index in [1.54, 1.807) is 0 Å². The van der Waals surface area contributed by atoms with Crippen LogP contribution in [0, 0.1) is 0 Å². The molecule has 0 spiro atoms. The van der Waals surface area contributed by atoms with Crippen LogP contribution in [0.25, 0.3) is 0 Å². The first-order valence-corrected chi connectivity index (χ1v) is 5.15. The van der Waals surface area contributed by atoms with Gasteiger partial charge in [-0.15, -0.1) is 0 Å². The predicted molar refractivity (Wildman–Crippen MR) is 53.0 cm³/mol. The van der Waals surface area contributed by atoms with Crippen molar-refractivity contribution in [2.24, 2.45) is 0 Å². The van der Waals surface area contributed by atoms with Gasteiger partial charge in [0.2, 0.25) is 0 Å². The lowest BCUT2D eigenvalue weighted by Crippen LogP contribution is -2.36. The summed E-state index contributed by atoms with van der Waals surface area (Å²) in [6.07, 6.45) is 4.36. The molecule has 0 aromatic heterocycles. The molecule has 0 amide bonds. The van der Waals surface area contributed by atoms with Crippen molar-refractivity contribution in [3.8, 4) is 0 Å². The van der Waals surface area contributed by atoms with Gasteiger partial charge in [0.25, 0.3) is 0 Å². The topological polar surface area (TPSA) is 21.3 Å². The van der Waals surface area contributed by atoms with Gasteiger partial charge in [-0.1, -0.05) is 27.7 Å². The Bertz CT molecular complexity index is 91.7. The van der Waals surface area contributed by atoms with E-state index < -0.39 is 0 Å². The minimum Gasteiger partial charge on any atom is -0.295 e. The van der Waals surface area contributed by atoms with Crippen molar-refractivity contribution in [2.45, 2.75) is 59.0 Å². The molecule has 0 saturated carbocycles. The zero-order valence-electron chi connectivity index (χ0n) is 8.94. The average molecular weight is 173 g/mol. The van der Waals surface area contributed by atoms with Crippen molar-refractivity contribution in [3.63, 3.8) is 0 Å². The smallest absolute Gasteiger partial charge is 0.0889 e. The minimum absolute atomic E-state index is 0.0647. The molecule has 0 fully saturated rings. The van der Waals surface area contributed by atoms with E-state index in [0.29, 0.717) is 0 Å². The summed E-state index contributed by atoms with van der Waals surface area (Å²) < 4.78 is 0. The zero-order valence-corrected chi connectivity index (χ0v) is 8.94. The van der Waals surface area contributed by atoms with Gasteiger partial charge in [0.15, 0.2) is 0 Å². The van der Waals surface area contributed by atoms with Gasteiger partial charge < -0.3 is 0 Å². The average Bonchev–Trinajstić information content (AvgIpc) is 2.14. The third-order valence-electron chi connectivity index (χ3n) is 2.57. The summed E-state index contributed by atoms with van der Waals surface area (Å²) in [4.78, 5) is 5.67. The van der Waals surface area contributed by atoms with Crippen LogP contribution in [0.2, 0.25) is 0 Å². The first kappa shape index (κ1) is 11.9. The van der Waals surface area contributed by atoms with E-state index in [1.807, 2.05) is 0 Å². The molecule has 0 aromatic carbocycles. The summed E-state index contributed by atoms with van der Waals surface area (Å²) >= 11 is 0. The van der Waals surface area contributed by atoms with Crippen LogP contribution in [0.15, 0.2) is 0 Å². The van der Waals surface area contributed by atoms with E-state index in [2.05, 4.69) is 33.2 Å². The molecule has 0 aliphatic rings. The second kappa shape index (κ2) is 6.44. The predicted octanol–water partition coefficient (Wildman–Crippen LogP) is 2.89. The molecule has 74 valence electrons. The maximum atomic E-state index is 5.67. The molecule has 2 heteroatoms. The highest BCUT2D eigenvalue weighted by Gasteiger charge is 2.24. The lowest BCUT2D eigenvalue weighted by Gasteiger charge is -2.30. The fourth-order valence-electron chi connectivity index (χ4n) is 1.27. The van der Waals surface area contributed by atoms with Crippen LogP contribution in [0.3, 0.4) is 0 Å². The van der Waals surface area contributed by atoms with Crippen LogP contribution in [0.5, 0.6) is 0 Å². The summed E-state index contributed by atoms with van der Waals surface area (Å²) in [5.74, 6) is 0. The molecule has 0 bridgehead atoms. The van der Waals surface area contributed by atoms with E-state index in [-0.39, 0.29) is 5.60 Å². The number of nitrogens with one attached hydrogen (secondary N) is 1. The van der Waals surface area contributed by atoms with Crippen molar-refractivity contribution < 1.29 is 4.84 Å². The van der Waals surface area contributed by atoms with Gasteiger partial charge >= 0.3 is 0 Å². The van der Waals surface area contributed by atoms with Gasteiger partial charge in [0.1, 0.15) is 0 Å². The van der Waals surface area contributed by atoms with E-state index >= 15 is 0 Å². The SMILES string of the molecule is CCCNOC(CC)(CC)CC. The zero-order chi connectivity index (χ0) is 9.45. The largest absolute Gasteiger partial charge is 0.295 e. The monoisotopic (exact) mass is 173 g/mol. The molecule has 0 aliphatic carbocycles. The van der Waals surface area contributed by atoms with Crippen molar-refractivity contribution in [2.75, 3.05) is 6.54 Å². The van der Waals surface area contributed by atoms with Crippen LogP contribution in [-0.4, -0.2) is 12.1 Å². The minimum atomic E-state index is 0.0647. The summed E-state index contributed by atoms with van der Waals surface area (Å²) in [6.45, 7) is 9.63. The van der Waals surface area contributed by atoms with E-state index in [9.17, 15) is 0 Å². The third kappa shape index (κ3) is 3.55.